The minimum Gasteiger partial charge on any atom is -0.481 e. The highest BCUT2D eigenvalue weighted by Crippen LogP contribution is 2.23. The van der Waals surface area contributed by atoms with Gasteiger partial charge >= 0.3 is 5.97 Å². The summed E-state index contributed by atoms with van der Waals surface area (Å²) < 4.78 is 0. The van der Waals surface area contributed by atoms with Crippen LogP contribution in [0.1, 0.15) is 52.4 Å². The predicted octanol–water partition coefficient (Wildman–Crippen LogP) is 1.30. The standard InChI is InChI=1S/C15H26N2O4/c1-15(2,14(20)21)8-9-16-12(18)10-17-13(19)11-6-4-3-5-7-11/h11H,3-10H2,1-2H3,(H,16,18)(H,17,19)(H,20,21). The van der Waals surface area contributed by atoms with Crippen molar-refractivity contribution in [3.8, 4) is 0 Å². The Labute approximate surface area is 125 Å². The Morgan fingerprint density at radius 1 is 1.10 bits per heavy atom. The zero-order valence-corrected chi connectivity index (χ0v) is 12.9. The number of aliphatic carboxylic acids is 1. The quantitative estimate of drug-likeness (QED) is 0.660. The fraction of sp³-hybridized carbons (Fsp3) is 0.800. The van der Waals surface area contributed by atoms with Crippen LogP contribution in [0.25, 0.3) is 0 Å². The molecule has 1 fully saturated rings. The molecule has 1 aliphatic rings. The lowest BCUT2D eigenvalue weighted by Gasteiger charge is -2.21. The van der Waals surface area contributed by atoms with E-state index in [4.69, 9.17) is 5.11 Å². The lowest BCUT2D eigenvalue weighted by atomic mass is 9.89. The van der Waals surface area contributed by atoms with Gasteiger partial charge in [0.2, 0.25) is 11.8 Å². The van der Waals surface area contributed by atoms with E-state index in [-0.39, 0.29) is 30.8 Å². The van der Waals surface area contributed by atoms with Crippen molar-refractivity contribution in [3.05, 3.63) is 0 Å². The van der Waals surface area contributed by atoms with E-state index in [0.717, 1.165) is 25.7 Å². The van der Waals surface area contributed by atoms with Gasteiger partial charge in [0.05, 0.1) is 12.0 Å². The van der Waals surface area contributed by atoms with Crippen molar-refractivity contribution in [3.63, 3.8) is 0 Å². The van der Waals surface area contributed by atoms with Crippen molar-refractivity contribution in [1.29, 1.82) is 0 Å². The Hall–Kier alpha value is -1.59. The molecule has 0 bridgehead atoms. The van der Waals surface area contributed by atoms with E-state index in [1.54, 1.807) is 13.8 Å². The van der Waals surface area contributed by atoms with Gasteiger partial charge in [0.15, 0.2) is 0 Å². The molecular formula is C15H26N2O4. The molecule has 0 atom stereocenters. The van der Waals surface area contributed by atoms with Crippen LogP contribution in [0.5, 0.6) is 0 Å². The van der Waals surface area contributed by atoms with E-state index < -0.39 is 11.4 Å². The molecule has 120 valence electrons. The SMILES string of the molecule is CC(C)(CCNC(=O)CNC(=O)C1CCCCC1)C(=O)O. The average Bonchev–Trinajstić information content (AvgIpc) is 2.45. The van der Waals surface area contributed by atoms with Gasteiger partial charge < -0.3 is 15.7 Å². The molecule has 0 aliphatic heterocycles. The Kier molecular flexibility index (Phi) is 6.65. The minimum absolute atomic E-state index is 0.0389. The first-order valence-electron chi connectivity index (χ1n) is 7.61. The molecule has 3 N–H and O–H groups in total. The minimum atomic E-state index is -0.887. The van der Waals surface area contributed by atoms with Gasteiger partial charge in [0.25, 0.3) is 0 Å². The molecule has 0 aromatic rings. The first-order chi connectivity index (χ1) is 9.83. The van der Waals surface area contributed by atoms with E-state index in [1.165, 1.54) is 6.42 Å². The third-order valence-electron chi connectivity index (χ3n) is 4.05. The zero-order valence-electron chi connectivity index (χ0n) is 12.9. The largest absolute Gasteiger partial charge is 0.481 e. The van der Waals surface area contributed by atoms with E-state index >= 15 is 0 Å². The molecule has 0 aromatic carbocycles. The molecule has 6 nitrogen and oxygen atoms in total. The summed E-state index contributed by atoms with van der Waals surface area (Å²) in [7, 11) is 0. The van der Waals surface area contributed by atoms with E-state index in [2.05, 4.69) is 10.6 Å². The lowest BCUT2D eigenvalue weighted by molar-refractivity contribution is -0.147. The Bertz CT molecular complexity index is 387. The lowest BCUT2D eigenvalue weighted by Crippen LogP contribution is -2.41. The number of rotatable bonds is 7. The number of hydrogen-bond acceptors (Lipinski definition) is 3. The second kappa shape index (κ2) is 8.00. The van der Waals surface area contributed by atoms with Crippen LogP contribution in [0, 0.1) is 11.3 Å². The molecule has 1 saturated carbocycles. The van der Waals surface area contributed by atoms with Crippen molar-refractivity contribution in [2.75, 3.05) is 13.1 Å². The first-order valence-corrected chi connectivity index (χ1v) is 7.61. The highest BCUT2D eigenvalue weighted by atomic mass is 16.4. The number of carbonyl (C=O) groups is 3. The van der Waals surface area contributed by atoms with E-state index in [9.17, 15) is 14.4 Å². The fourth-order valence-electron chi connectivity index (χ4n) is 2.36. The Balaban J connectivity index is 2.19. The zero-order chi connectivity index (χ0) is 15.9. The molecule has 21 heavy (non-hydrogen) atoms. The maximum Gasteiger partial charge on any atom is 0.309 e. The van der Waals surface area contributed by atoms with Crippen LogP contribution in [0.15, 0.2) is 0 Å². The fourth-order valence-corrected chi connectivity index (χ4v) is 2.36. The highest BCUT2D eigenvalue weighted by molar-refractivity contribution is 5.85. The summed E-state index contributed by atoms with van der Waals surface area (Å²) in [4.78, 5) is 34.4. The maximum atomic E-state index is 11.9. The molecule has 0 spiro atoms. The van der Waals surface area contributed by atoms with Gasteiger partial charge in [-0.1, -0.05) is 19.3 Å². The van der Waals surface area contributed by atoms with Gasteiger partial charge in [-0.2, -0.15) is 0 Å². The number of amides is 2. The van der Waals surface area contributed by atoms with Gasteiger partial charge in [0.1, 0.15) is 0 Å². The van der Waals surface area contributed by atoms with Crippen LogP contribution in [-0.4, -0.2) is 36.0 Å². The monoisotopic (exact) mass is 298 g/mol. The van der Waals surface area contributed by atoms with Crippen molar-refractivity contribution < 1.29 is 19.5 Å². The normalized spacial score (nSPS) is 16.3. The summed E-state index contributed by atoms with van der Waals surface area (Å²) in [6, 6.07) is 0. The molecule has 6 heteroatoms. The second-order valence-corrected chi connectivity index (χ2v) is 6.34. The molecule has 2 amide bonds. The van der Waals surface area contributed by atoms with Crippen molar-refractivity contribution in [2.45, 2.75) is 52.4 Å². The average molecular weight is 298 g/mol. The first kappa shape index (κ1) is 17.5. The van der Waals surface area contributed by atoms with Gasteiger partial charge in [-0.05, 0) is 33.1 Å². The molecule has 1 aliphatic carbocycles. The number of hydrogen-bond donors (Lipinski definition) is 3. The maximum absolute atomic E-state index is 11.9. The van der Waals surface area contributed by atoms with Crippen LogP contribution in [0.2, 0.25) is 0 Å². The molecule has 1 rings (SSSR count). The summed E-state index contributed by atoms with van der Waals surface area (Å²) in [5.41, 5.74) is -0.862. The molecule has 0 saturated heterocycles. The van der Waals surface area contributed by atoms with Gasteiger partial charge in [-0.15, -0.1) is 0 Å². The van der Waals surface area contributed by atoms with Crippen LogP contribution >= 0.6 is 0 Å². The highest BCUT2D eigenvalue weighted by Gasteiger charge is 2.26. The van der Waals surface area contributed by atoms with Crippen molar-refractivity contribution >= 4 is 17.8 Å². The topological polar surface area (TPSA) is 95.5 Å². The summed E-state index contributed by atoms with van der Waals surface area (Å²) in [6.07, 6.45) is 5.50. The van der Waals surface area contributed by atoms with Crippen molar-refractivity contribution in [2.24, 2.45) is 11.3 Å². The van der Waals surface area contributed by atoms with Gasteiger partial charge in [-0.25, -0.2) is 0 Å². The Morgan fingerprint density at radius 2 is 1.71 bits per heavy atom. The summed E-state index contributed by atoms with van der Waals surface area (Å²) >= 11 is 0. The predicted molar refractivity (Wildman–Crippen MR) is 78.6 cm³/mol. The molecular weight excluding hydrogens is 272 g/mol. The molecule has 0 unspecified atom stereocenters. The van der Waals surface area contributed by atoms with Crippen LogP contribution in [0.3, 0.4) is 0 Å². The Morgan fingerprint density at radius 3 is 2.29 bits per heavy atom. The molecule has 0 aromatic heterocycles. The second-order valence-electron chi connectivity index (χ2n) is 6.34. The third-order valence-corrected chi connectivity index (χ3v) is 4.05. The van der Waals surface area contributed by atoms with E-state index in [0.29, 0.717) is 6.42 Å². The number of carboxylic acids is 1. The molecule has 0 radical (unpaired) electrons. The number of nitrogens with one attached hydrogen (secondary N) is 2. The third kappa shape index (κ3) is 6.14. The summed E-state index contributed by atoms with van der Waals surface area (Å²) in [5.74, 6) is -1.17. The van der Waals surface area contributed by atoms with Crippen LogP contribution < -0.4 is 10.6 Å². The summed E-state index contributed by atoms with van der Waals surface area (Å²) in [6.45, 7) is 3.49. The summed E-state index contributed by atoms with van der Waals surface area (Å²) in [5, 5.41) is 14.2. The molecule has 0 heterocycles. The van der Waals surface area contributed by atoms with E-state index in [1.807, 2.05) is 0 Å². The smallest absolute Gasteiger partial charge is 0.309 e. The number of carboxylic acid groups (broad SMARTS) is 1. The number of carbonyl (C=O) groups excluding carboxylic acids is 2. The van der Waals surface area contributed by atoms with Crippen molar-refractivity contribution in [1.82, 2.24) is 10.6 Å². The van der Waals surface area contributed by atoms with Gasteiger partial charge in [-0.3, -0.25) is 14.4 Å². The van der Waals surface area contributed by atoms with Crippen LogP contribution in [0.4, 0.5) is 0 Å². The van der Waals surface area contributed by atoms with Crippen LogP contribution in [-0.2, 0) is 14.4 Å². The van der Waals surface area contributed by atoms with Gasteiger partial charge in [0, 0.05) is 12.5 Å².